The van der Waals surface area contributed by atoms with Crippen LogP contribution in [0, 0.1) is 0 Å². The Morgan fingerprint density at radius 1 is 1.47 bits per heavy atom. The van der Waals surface area contributed by atoms with Gasteiger partial charge in [0.05, 0.1) is 18.7 Å². The topological polar surface area (TPSA) is 80.3 Å². The first-order valence-electron chi connectivity index (χ1n) is 6.20. The van der Waals surface area contributed by atoms with Gasteiger partial charge in [0.25, 0.3) is 0 Å². The minimum Gasteiger partial charge on any atom is -0.466 e. The lowest BCUT2D eigenvalue weighted by atomic mass is 10.3. The maximum atomic E-state index is 11.6. The predicted molar refractivity (Wildman–Crippen MR) is 74.2 cm³/mol. The molecule has 1 aromatic heterocycles. The molecule has 0 aliphatic carbocycles. The number of thiazole rings is 1. The Bertz CT molecular complexity index is 420. The fourth-order valence-corrected chi connectivity index (χ4v) is 2.14. The number of ether oxygens (including phenoxy) is 1. The van der Waals surface area contributed by atoms with Gasteiger partial charge in [0, 0.05) is 11.8 Å². The number of hydrogen-bond donors (Lipinski definition) is 2. The summed E-state index contributed by atoms with van der Waals surface area (Å²) in [6.07, 6.45) is 1.37. The number of rotatable bonds is 8. The first kappa shape index (κ1) is 15.6. The van der Waals surface area contributed by atoms with Crippen molar-refractivity contribution in [3.63, 3.8) is 0 Å². The Balaban J connectivity index is 2.37. The molecule has 0 fully saturated rings. The molecular weight excluding hydrogens is 266 g/mol. The molecule has 0 aliphatic rings. The zero-order chi connectivity index (χ0) is 14.1. The van der Waals surface area contributed by atoms with Gasteiger partial charge in [-0.3, -0.25) is 9.59 Å². The molecule has 1 aromatic rings. The van der Waals surface area contributed by atoms with E-state index in [1.807, 2.05) is 7.05 Å². The highest BCUT2D eigenvalue weighted by Crippen LogP contribution is 2.16. The average molecular weight is 285 g/mol. The van der Waals surface area contributed by atoms with E-state index in [4.69, 9.17) is 4.74 Å². The molecule has 1 amide bonds. The zero-order valence-electron chi connectivity index (χ0n) is 11.2. The summed E-state index contributed by atoms with van der Waals surface area (Å²) in [5.41, 5.74) is 0.619. The number of hydrogen-bond acceptors (Lipinski definition) is 6. The Morgan fingerprint density at radius 2 is 2.26 bits per heavy atom. The van der Waals surface area contributed by atoms with Crippen molar-refractivity contribution in [1.29, 1.82) is 0 Å². The van der Waals surface area contributed by atoms with Crippen LogP contribution in [-0.2, 0) is 20.7 Å². The normalized spacial score (nSPS) is 10.2. The highest BCUT2D eigenvalue weighted by atomic mass is 32.1. The van der Waals surface area contributed by atoms with Crippen LogP contribution in [0.25, 0.3) is 0 Å². The SMILES string of the molecule is CCOC(=O)Cc1csc(NC(=O)CCCNC)n1. The summed E-state index contributed by atoms with van der Waals surface area (Å²) in [5.74, 6) is -0.369. The van der Waals surface area contributed by atoms with Gasteiger partial charge in [0.15, 0.2) is 5.13 Å². The van der Waals surface area contributed by atoms with Gasteiger partial charge >= 0.3 is 5.97 Å². The second kappa shape index (κ2) is 8.60. The molecule has 1 heterocycles. The van der Waals surface area contributed by atoms with Crippen molar-refractivity contribution in [3.05, 3.63) is 11.1 Å². The molecule has 0 unspecified atom stereocenters. The minimum atomic E-state index is -0.306. The van der Waals surface area contributed by atoms with E-state index < -0.39 is 0 Å². The first-order chi connectivity index (χ1) is 9.15. The molecule has 0 aromatic carbocycles. The van der Waals surface area contributed by atoms with Crippen LogP contribution in [-0.4, -0.2) is 37.1 Å². The highest BCUT2D eigenvalue weighted by molar-refractivity contribution is 7.13. The molecular formula is C12H19N3O3S. The van der Waals surface area contributed by atoms with Crippen LogP contribution in [0.5, 0.6) is 0 Å². The van der Waals surface area contributed by atoms with Gasteiger partial charge in [-0.1, -0.05) is 0 Å². The third-order valence-electron chi connectivity index (χ3n) is 2.26. The van der Waals surface area contributed by atoms with Crippen molar-refractivity contribution in [3.8, 4) is 0 Å². The first-order valence-corrected chi connectivity index (χ1v) is 7.08. The van der Waals surface area contributed by atoms with Gasteiger partial charge in [-0.05, 0) is 26.9 Å². The van der Waals surface area contributed by atoms with Crippen LogP contribution in [0.3, 0.4) is 0 Å². The molecule has 0 saturated carbocycles. The van der Waals surface area contributed by atoms with E-state index in [0.717, 1.165) is 13.0 Å². The molecule has 6 nitrogen and oxygen atoms in total. The van der Waals surface area contributed by atoms with E-state index in [0.29, 0.717) is 23.9 Å². The summed E-state index contributed by atoms with van der Waals surface area (Å²) < 4.78 is 4.83. The molecule has 0 radical (unpaired) electrons. The van der Waals surface area contributed by atoms with Gasteiger partial charge < -0.3 is 15.4 Å². The number of anilines is 1. The summed E-state index contributed by atoms with van der Waals surface area (Å²) in [5, 5.41) is 7.97. The summed E-state index contributed by atoms with van der Waals surface area (Å²) >= 11 is 1.31. The number of nitrogens with zero attached hydrogens (tertiary/aromatic N) is 1. The lowest BCUT2D eigenvalue weighted by molar-refractivity contribution is -0.142. The van der Waals surface area contributed by atoms with Crippen molar-refractivity contribution in [2.75, 3.05) is 25.5 Å². The number of nitrogens with one attached hydrogen (secondary N) is 2. The standard InChI is InChI=1S/C12H19N3O3S/c1-3-18-11(17)7-9-8-19-12(14-9)15-10(16)5-4-6-13-2/h8,13H,3-7H2,1-2H3,(H,14,15,16). The smallest absolute Gasteiger partial charge is 0.311 e. The lowest BCUT2D eigenvalue weighted by Gasteiger charge is -2.01. The largest absolute Gasteiger partial charge is 0.466 e. The summed E-state index contributed by atoms with van der Waals surface area (Å²) in [6, 6.07) is 0. The fraction of sp³-hybridized carbons (Fsp3) is 0.583. The number of carbonyl (C=O) groups excluding carboxylic acids is 2. The third-order valence-corrected chi connectivity index (χ3v) is 3.07. The molecule has 1 rings (SSSR count). The molecule has 0 saturated heterocycles. The minimum absolute atomic E-state index is 0.0627. The number of amides is 1. The van der Waals surface area contributed by atoms with Gasteiger partial charge in [0.2, 0.25) is 5.91 Å². The van der Waals surface area contributed by atoms with E-state index >= 15 is 0 Å². The zero-order valence-corrected chi connectivity index (χ0v) is 12.0. The second-order valence-corrected chi connectivity index (χ2v) is 4.74. The molecule has 0 atom stereocenters. The van der Waals surface area contributed by atoms with E-state index in [-0.39, 0.29) is 18.3 Å². The van der Waals surface area contributed by atoms with Gasteiger partial charge in [0.1, 0.15) is 0 Å². The second-order valence-electron chi connectivity index (χ2n) is 3.88. The van der Waals surface area contributed by atoms with E-state index in [1.54, 1.807) is 12.3 Å². The summed E-state index contributed by atoms with van der Waals surface area (Å²) in [4.78, 5) is 27.0. The Labute approximate surface area is 116 Å². The molecule has 0 spiro atoms. The maximum absolute atomic E-state index is 11.6. The number of esters is 1. The van der Waals surface area contributed by atoms with Gasteiger partial charge in [-0.25, -0.2) is 4.98 Å². The van der Waals surface area contributed by atoms with Crippen LogP contribution >= 0.6 is 11.3 Å². The third kappa shape index (κ3) is 6.30. The molecule has 2 N–H and O–H groups in total. The van der Waals surface area contributed by atoms with Gasteiger partial charge in [-0.2, -0.15) is 0 Å². The van der Waals surface area contributed by atoms with Crippen molar-refractivity contribution in [1.82, 2.24) is 10.3 Å². The van der Waals surface area contributed by atoms with E-state index in [2.05, 4.69) is 15.6 Å². The van der Waals surface area contributed by atoms with Crippen LogP contribution in [0.2, 0.25) is 0 Å². The number of aromatic nitrogens is 1. The predicted octanol–water partition coefficient (Wildman–Crippen LogP) is 1.19. The Morgan fingerprint density at radius 3 is 2.95 bits per heavy atom. The molecule has 19 heavy (non-hydrogen) atoms. The van der Waals surface area contributed by atoms with Crippen LogP contribution in [0.15, 0.2) is 5.38 Å². The quantitative estimate of drug-likeness (QED) is 0.554. The monoisotopic (exact) mass is 285 g/mol. The molecule has 0 bridgehead atoms. The Kier molecular flexibility index (Phi) is 7.06. The van der Waals surface area contributed by atoms with Crippen LogP contribution < -0.4 is 10.6 Å². The average Bonchev–Trinajstić information content (AvgIpc) is 2.77. The van der Waals surface area contributed by atoms with Crippen molar-refractivity contribution < 1.29 is 14.3 Å². The highest BCUT2D eigenvalue weighted by Gasteiger charge is 2.10. The van der Waals surface area contributed by atoms with Crippen LogP contribution in [0.1, 0.15) is 25.5 Å². The van der Waals surface area contributed by atoms with Gasteiger partial charge in [-0.15, -0.1) is 11.3 Å². The maximum Gasteiger partial charge on any atom is 0.311 e. The summed E-state index contributed by atoms with van der Waals surface area (Å²) in [7, 11) is 1.85. The Hall–Kier alpha value is -1.47. The van der Waals surface area contributed by atoms with Crippen molar-refractivity contribution in [2.45, 2.75) is 26.2 Å². The summed E-state index contributed by atoms with van der Waals surface area (Å²) in [6.45, 7) is 2.92. The van der Waals surface area contributed by atoms with Crippen molar-refractivity contribution in [2.24, 2.45) is 0 Å². The van der Waals surface area contributed by atoms with Crippen LogP contribution in [0.4, 0.5) is 5.13 Å². The van der Waals surface area contributed by atoms with E-state index in [1.165, 1.54) is 11.3 Å². The molecule has 7 heteroatoms. The van der Waals surface area contributed by atoms with E-state index in [9.17, 15) is 9.59 Å². The molecule has 0 aliphatic heterocycles. The number of carbonyl (C=O) groups is 2. The molecule has 106 valence electrons. The lowest BCUT2D eigenvalue weighted by Crippen LogP contribution is -2.15. The van der Waals surface area contributed by atoms with Crippen molar-refractivity contribution >= 4 is 28.3 Å². The fourth-order valence-electron chi connectivity index (χ4n) is 1.41.